The molecule has 5 rings (SSSR count). The lowest BCUT2D eigenvalue weighted by molar-refractivity contribution is 0.0980. The maximum absolute atomic E-state index is 13.0. The van der Waals surface area contributed by atoms with E-state index in [0.717, 1.165) is 22.5 Å². The molecule has 0 aliphatic heterocycles. The average Bonchev–Trinajstić information content (AvgIpc) is 3.40. The fourth-order valence-corrected chi connectivity index (χ4v) is 5.78. The number of aryl methyl sites for hydroxylation is 2. The van der Waals surface area contributed by atoms with Gasteiger partial charge in [0.15, 0.2) is 0 Å². The normalized spacial score (nSPS) is 19.0. The van der Waals surface area contributed by atoms with Crippen LogP contribution >= 0.6 is 0 Å². The predicted octanol–water partition coefficient (Wildman–Crippen LogP) is 5.70. The lowest BCUT2D eigenvalue weighted by Crippen LogP contribution is -2.31. The molecule has 9 nitrogen and oxygen atoms in total. The molecular weight excluding hydrogens is 542 g/mol. The van der Waals surface area contributed by atoms with Crippen molar-refractivity contribution >= 4 is 38.6 Å². The van der Waals surface area contributed by atoms with E-state index in [1.54, 1.807) is 24.3 Å². The molecule has 214 valence electrons. The first kappa shape index (κ1) is 20.5. The van der Waals surface area contributed by atoms with Crippen molar-refractivity contribution < 1.29 is 37.1 Å². The molecule has 1 aliphatic carbocycles. The van der Waals surface area contributed by atoms with Crippen LogP contribution in [0, 0.1) is 6.85 Å². The van der Waals surface area contributed by atoms with Crippen LogP contribution in [0.2, 0.25) is 0 Å². The van der Waals surface area contributed by atoms with Gasteiger partial charge in [0.25, 0.3) is 15.9 Å². The Hall–Kier alpha value is -4.31. The number of hydrogen-bond acceptors (Lipinski definition) is 6. The van der Waals surface area contributed by atoms with Crippen molar-refractivity contribution in [2.45, 2.75) is 49.9 Å². The number of anilines is 1. The van der Waals surface area contributed by atoms with Gasteiger partial charge in [-0.3, -0.25) is 10.1 Å². The number of methoxy groups -OCH3 is 1. The van der Waals surface area contributed by atoms with E-state index in [0.29, 0.717) is 23.4 Å². The third-order valence-electron chi connectivity index (χ3n) is 6.71. The Morgan fingerprint density at radius 3 is 2.61 bits per heavy atom. The van der Waals surface area contributed by atoms with E-state index >= 15 is 0 Å². The number of rotatable bonds is 8. The Balaban J connectivity index is 1.33. The number of carbonyl (C=O) groups excluding carboxylic acids is 2. The third-order valence-corrected chi connectivity index (χ3v) is 8.10. The summed E-state index contributed by atoms with van der Waals surface area (Å²) >= 11 is 0. The van der Waals surface area contributed by atoms with Gasteiger partial charge in [-0.25, -0.2) is 17.9 Å². The van der Waals surface area contributed by atoms with Crippen molar-refractivity contribution in [3.05, 3.63) is 89.1 Å². The minimum atomic E-state index is -4.53. The van der Waals surface area contributed by atoms with Gasteiger partial charge in [0, 0.05) is 51.4 Å². The zero-order valence-electron chi connectivity index (χ0n) is 29.4. The number of amides is 2. The van der Waals surface area contributed by atoms with Gasteiger partial charge < -0.3 is 14.0 Å². The Morgan fingerprint density at radius 2 is 1.85 bits per heavy atom. The zero-order valence-corrected chi connectivity index (χ0v) is 23.2. The quantitative estimate of drug-likeness (QED) is 0.276. The molecule has 0 radical (unpaired) electrons. The van der Waals surface area contributed by atoms with E-state index in [-0.39, 0.29) is 18.4 Å². The summed E-state index contributed by atoms with van der Waals surface area (Å²) in [6, 6.07) is 14.7. The standard InChI is InChI=1S/C31H33N3O6S/c1-20-8-4-7-11-29(20)41(37,38)33-30(35)22-13-12-21(28(17-22)39-3)16-23-19-34(2)27-15-14-24(18-26(23)27)32-31(36)40-25-9-5-6-10-25/h4,7-8,11-15,17-19,25H,5-6,9-10,16H2,1-3H3,(H,32,36)(H,33,35)/i1D3,5D2,6D2. The molecule has 1 saturated carbocycles. The van der Waals surface area contributed by atoms with Gasteiger partial charge in [-0.1, -0.05) is 24.3 Å². The largest absolute Gasteiger partial charge is 0.496 e. The number of fused-ring (bicyclic) bond motifs is 1. The van der Waals surface area contributed by atoms with Gasteiger partial charge in [0.05, 0.1) is 12.0 Å². The fraction of sp³-hybridized carbons (Fsp3) is 0.290. The van der Waals surface area contributed by atoms with Crippen LogP contribution in [0.15, 0.2) is 71.8 Å². The lowest BCUT2D eigenvalue weighted by Gasteiger charge is -2.13. The van der Waals surface area contributed by atoms with Crippen LogP contribution in [0.3, 0.4) is 0 Å². The molecule has 0 unspecified atom stereocenters. The maximum atomic E-state index is 13.0. The molecule has 1 aromatic heterocycles. The summed E-state index contributed by atoms with van der Waals surface area (Å²) in [6.07, 6.45) is -4.22. The number of aromatic nitrogens is 1. The molecule has 0 spiro atoms. The lowest BCUT2D eigenvalue weighted by atomic mass is 10.0. The molecule has 10 heteroatoms. The van der Waals surface area contributed by atoms with Crippen LogP contribution in [0.5, 0.6) is 5.75 Å². The summed E-state index contributed by atoms with van der Waals surface area (Å²) in [5.74, 6) is -0.674. The highest BCUT2D eigenvalue weighted by molar-refractivity contribution is 7.90. The van der Waals surface area contributed by atoms with Crippen molar-refractivity contribution in [2.75, 3.05) is 12.4 Å². The van der Waals surface area contributed by atoms with Crippen molar-refractivity contribution in [1.82, 2.24) is 9.29 Å². The van der Waals surface area contributed by atoms with Crippen molar-refractivity contribution in [3.8, 4) is 5.75 Å². The van der Waals surface area contributed by atoms with E-state index in [1.807, 2.05) is 22.5 Å². The second-order valence-electron chi connectivity index (χ2n) is 9.55. The van der Waals surface area contributed by atoms with Crippen LogP contribution in [0.1, 0.15) is 62.2 Å². The highest BCUT2D eigenvalue weighted by Crippen LogP contribution is 2.30. The number of nitrogens with one attached hydrogen (secondary N) is 2. The van der Waals surface area contributed by atoms with Gasteiger partial charge in [0.1, 0.15) is 11.9 Å². The SMILES string of the molecule is [2H]C([2H])([2H])c1ccccc1S(=O)(=O)NC(=O)c1ccc(Cc2cn(C)c3ccc(NC(=O)OC4CC([2H])([2H])C([2H])([2H])C4)cc23)c(OC)c1. The number of ether oxygens (including phenoxy) is 2. The minimum absolute atomic E-state index is 0.0307. The van der Waals surface area contributed by atoms with E-state index in [2.05, 4.69) is 5.32 Å². The highest BCUT2D eigenvalue weighted by atomic mass is 32.2. The molecule has 2 amide bonds. The number of sulfonamides is 1. The third kappa shape index (κ3) is 6.22. The Kier molecular flexibility index (Phi) is 5.84. The van der Waals surface area contributed by atoms with Crippen molar-refractivity contribution in [3.63, 3.8) is 0 Å². The number of carbonyl (C=O) groups is 2. The average molecular weight is 583 g/mol. The van der Waals surface area contributed by atoms with Gasteiger partial charge in [-0.05, 0) is 85.5 Å². The number of benzene rings is 3. The molecule has 0 bridgehead atoms. The number of nitrogens with zero attached hydrogens (tertiary/aromatic N) is 1. The van der Waals surface area contributed by atoms with Crippen LogP contribution < -0.4 is 14.8 Å². The summed E-state index contributed by atoms with van der Waals surface area (Å²) in [5, 5.41) is 3.42. The van der Waals surface area contributed by atoms with Gasteiger partial charge >= 0.3 is 6.09 Å². The second-order valence-corrected chi connectivity index (χ2v) is 11.2. The first-order valence-electron chi connectivity index (χ1n) is 16.2. The zero-order chi connectivity index (χ0) is 35.2. The summed E-state index contributed by atoms with van der Waals surface area (Å²) in [4.78, 5) is 25.1. The molecule has 3 aromatic carbocycles. The topological polar surface area (TPSA) is 116 Å². The van der Waals surface area contributed by atoms with Crippen LogP contribution in [0.4, 0.5) is 10.5 Å². The van der Waals surface area contributed by atoms with Crippen molar-refractivity contribution in [2.24, 2.45) is 7.05 Å². The monoisotopic (exact) mass is 582 g/mol. The van der Waals surface area contributed by atoms with E-state index in [9.17, 15) is 18.0 Å². The Labute approximate surface area is 249 Å². The van der Waals surface area contributed by atoms with Crippen molar-refractivity contribution in [1.29, 1.82) is 0 Å². The Bertz CT molecular complexity index is 2000. The maximum Gasteiger partial charge on any atom is 0.411 e. The summed E-state index contributed by atoms with van der Waals surface area (Å²) in [6.45, 7) is -2.71. The van der Waals surface area contributed by atoms with Gasteiger partial charge in [-0.15, -0.1) is 0 Å². The van der Waals surface area contributed by atoms with E-state index in [1.165, 1.54) is 37.4 Å². The van der Waals surface area contributed by atoms with E-state index < -0.39 is 58.2 Å². The molecule has 41 heavy (non-hydrogen) atoms. The molecule has 1 aliphatic rings. The molecule has 0 atom stereocenters. The van der Waals surface area contributed by atoms with Crippen LogP contribution in [0.25, 0.3) is 10.9 Å². The van der Waals surface area contributed by atoms with E-state index in [4.69, 9.17) is 19.1 Å². The molecule has 1 heterocycles. The second kappa shape index (κ2) is 11.7. The van der Waals surface area contributed by atoms with Gasteiger partial charge in [-0.2, -0.15) is 0 Å². The van der Waals surface area contributed by atoms with Crippen LogP contribution in [-0.2, 0) is 28.2 Å². The summed E-state index contributed by atoms with van der Waals surface area (Å²) in [5.41, 5.74) is 2.31. The van der Waals surface area contributed by atoms with Crippen LogP contribution in [-0.4, -0.2) is 38.2 Å². The minimum Gasteiger partial charge on any atom is -0.496 e. The fourth-order valence-electron chi connectivity index (χ4n) is 4.69. The first-order chi connectivity index (χ1) is 22.3. The molecular formula is C31H33N3O6S. The highest BCUT2D eigenvalue weighted by Gasteiger charge is 2.22. The molecule has 1 fully saturated rings. The number of hydrogen-bond donors (Lipinski definition) is 2. The molecule has 0 saturated heterocycles. The summed E-state index contributed by atoms with van der Waals surface area (Å²) in [7, 11) is -1.27. The summed E-state index contributed by atoms with van der Waals surface area (Å²) < 4.78 is 95.1. The molecule has 2 N–H and O–H groups in total. The Morgan fingerprint density at radius 1 is 1.07 bits per heavy atom. The smallest absolute Gasteiger partial charge is 0.411 e. The first-order valence-corrected chi connectivity index (χ1v) is 14.2. The molecule has 4 aromatic rings. The van der Waals surface area contributed by atoms with Gasteiger partial charge in [0.2, 0.25) is 0 Å². The predicted molar refractivity (Wildman–Crippen MR) is 157 cm³/mol.